The number of carbonyl (C=O) groups is 1. The van der Waals surface area contributed by atoms with Crippen LogP contribution in [0.4, 0.5) is 5.69 Å². The molecule has 0 heterocycles. The highest BCUT2D eigenvalue weighted by Gasteiger charge is 2.74. The van der Waals surface area contributed by atoms with Gasteiger partial charge in [-0.25, -0.2) is 4.79 Å². The van der Waals surface area contributed by atoms with Crippen LogP contribution >= 0.6 is 0 Å². The summed E-state index contributed by atoms with van der Waals surface area (Å²) < 4.78 is 6.18. The van der Waals surface area contributed by atoms with Crippen LogP contribution in [0.15, 0.2) is 12.1 Å². The number of benzene rings is 1. The molecule has 23 heavy (non-hydrogen) atoms. The van der Waals surface area contributed by atoms with Crippen LogP contribution in [0.3, 0.4) is 0 Å². The van der Waals surface area contributed by atoms with Gasteiger partial charge in [-0.2, -0.15) is 0 Å². The molecule has 3 atom stereocenters. The molecule has 2 aliphatic rings. The van der Waals surface area contributed by atoms with E-state index in [2.05, 4.69) is 25.7 Å². The molecule has 0 radical (unpaired) electrons. The summed E-state index contributed by atoms with van der Waals surface area (Å²) >= 11 is 0. The first-order valence-corrected chi connectivity index (χ1v) is 7.88. The minimum atomic E-state index is -1.25. The molecule has 0 aromatic heterocycles. The van der Waals surface area contributed by atoms with E-state index >= 15 is 0 Å². The van der Waals surface area contributed by atoms with Crippen molar-refractivity contribution in [1.29, 1.82) is 5.39 Å². The SMILES string of the molecule is CC1CCC2C(C)(C)C2(Oc2c([N+]#N)ccc(C(=O)O)c2O)C1. The van der Waals surface area contributed by atoms with Gasteiger partial charge < -0.3 is 14.9 Å². The monoisotopic (exact) mass is 317 g/mol. The molecule has 0 amide bonds. The van der Waals surface area contributed by atoms with Crippen LogP contribution in [0.5, 0.6) is 11.5 Å². The lowest BCUT2D eigenvalue weighted by molar-refractivity contribution is 0.0682. The van der Waals surface area contributed by atoms with Gasteiger partial charge in [0.05, 0.1) is 0 Å². The van der Waals surface area contributed by atoms with Crippen molar-refractivity contribution in [3.05, 3.63) is 22.7 Å². The van der Waals surface area contributed by atoms with E-state index in [0.717, 1.165) is 19.3 Å². The lowest BCUT2D eigenvalue weighted by atomic mass is 9.88. The maximum Gasteiger partial charge on any atom is 0.430 e. The molecule has 122 valence electrons. The molecule has 6 heteroatoms. The third-order valence-electron chi connectivity index (χ3n) is 5.77. The van der Waals surface area contributed by atoms with E-state index in [0.29, 0.717) is 11.8 Å². The molecule has 2 aliphatic carbocycles. The third-order valence-corrected chi connectivity index (χ3v) is 5.77. The Kier molecular flexibility index (Phi) is 3.29. The molecule has 0 saturated heterocycles. The highest BCUT2D eigenvalue weighted by molar-refractivity contribution is 5.93. The van der Waals surface area contributed by atoms with Gasteiger partial charge in [-0.15, -0.1) is 0 Å². The van der Waals surface area contributed by atoms with E-state index in [1.807, 2.05) is 0 Å². The number of phenols is 1. The summed E-state index contributed by atoms with van der Waals surface area (Å²) in [4.78, 5) is 14.4. The molecule has 0 aliphatic heterocycles. The maximum atomic E-state index is 11.2. The van der Waals surface area contributed by atoms with Crippen LogP contribution in [0.1, 0.15) is 50.4 Å². The van der Waals surface area contributed by atoms with Crippen molar-refractivity contribution in [2.75, 3.05) is 0 Å². The van der Waals surface area contributed by atoms with Gasteiger partial charge in [0.15, 0.2) is 10.7 Å². The second-order valence-electron chi connectivity index (χ2n) is 7.37. The summed E-state index contributed by atoms with van der Waals surface area (Å²) in [5.41, 5.74) is -0.723. The Morgan fingerprint density at radius 1 is 1.39 bits per heavy atom. The van der Waals surface area contributed by atoms with Gasteiger partial charge in [0.25, 0.3) is 5.75 Å². The normalized spacial score (nSPS) is 30.9. The largest absolute Gasteiger partial charge is 0.503 e. The molecule has 1 aromatic carbocycles. The minimum absolute atomic E-state index is 0.0431. The van der Waals surface area contributed by atoms with E-state index in [1.54, 1.807) is 0 Å². The van der Waals surface area contributed by atoms with Crippen LogP contribution in [-0.2, 0) is 0 Å². The fourth-order valence-electron chi connectivity index (χ4n) is 4.33. The molecule has 6 nitrogen and oxygen atoms in total. The fraction of sp³-hybridized carbons (Fsp3) is 0.588. The van der Waals surface area contributed by atoms with Gasteiger partial charge in [-0.1, -0.05) is 27.2 Å². The Bertz CT molecular complexity index is 722. The average Bonchev–Trinajstić information content (AvgIpc) is 2.95. The number of aromatic hydroxyl groups is 1. The minimum Gasteiger partial charge on any atom is -0.503 e. The average molecular weight is 317 g/mol. The number of nitrogens with zero attached hydrogens (tertiary/aromatic N) is 2. The second-order valence-corrected chi connectivity index (χ2v) is 7.37. The number of carboxylic acid groups (broad SMARTS) is 1. The molecule has 3 unspecified atom stereocenters. The van der Waals surface area contributed by atoms with Crippen molar-refractivity contribution in [3.63, 3.8) is 0 Å². The molecule has 0 bridgehead atoms. The highest BCUT2D eigenvalue weighted by atomic mass is 16.5. The smallest absolute Gasteiger partial charge is 0.430 e. The van der Waals surface area contributed by atoms with Gasteiger partial charge in [0.1, 0.15) is 11.2 Å². The second kappa shape index (κ2) is 4.85. The van der Waals surface area contributed by atoms with Gasteiger partial charge in [-0.3, -0.25) is 0 Å². The van der Waals surface area contributed by atoms with Crippen molar-refractivity contribution in [3.8, 4) is 11.5 Å². The van der Waals surface area contributed by atoms with Gasteiger partial charge in [-0.05, 0) is 24.8 Å². The predicted molar refractivity (Wildman–Crippen MR) is 83.5 cm³/mol. The number of fused-ring (bicyclic) bond motifs is 1. The number of hydrogen-bond donors (Lipinski definition) is 2. The molecule has 3 rings (SSSR count). The van der Waals surface area contributed by atoms with Gasteiger partial charge in [0, 0.05) is 17.4 Å². The maximum absolute atomic E-state index is 11.2. The van der Waals surface area contributed by atoms with Crippen LogP contribution in [-0.4, -0.2) is 21.8 Å². The summed E-state index contributed by atoms with van der Waals surface area (Å²) in [5.74, 6) is -0.935. The van der Waals surface area contributed by atoms with Gasteiger partial charge in [0.2, 0.25) is 5.39 Å². The lowest BCUT2D eigenvalue weighted by Gasteiger charge is -2.28. The first-order chi connectivity index (χ1) is 10.7. The first-order valence-electron chi connectivity index (χ1n) is 7.88. The Morgan fingerprint density at radius 2 is 2.09 bits per heavy atom. The third kappa shape index (κ3) is 2.07. The molecule has 1 aromatic rings. The molecule has 0 spiro atoms. The van der Waals surface area contributed by atoms with Crippen LogP contribution in [0, 0.1) is 22.6 Å². The quantitative estimate of drug-likeness (QED) is 0.816. The number of aromatic carboxylic acids is 1. The molecule has 2 saturated carbocycles. The Labute approximate surface area is 134 Å². The zero-order chi connectivity index (χ0) is 17.0. The predicted octanol–water partition coefficient (Wildman–Crippen LogP) is 4.17. The van der Waals surface area contributed by atoms with E-state index in [1.165, 1.54) is 12.1 Å². The number of diazo groups is 1. The first kappa shape index (κ1) is 15.6. The van der Waals surface area contributed by atoms with Crippen LogP contribution < -0.4 is 4.74 Å². The van der Waals surface area contributed by atoms with E-state index in [9.17, 15) is 15.0 Å². The molecular weight excluding hydrogens is 296 g/mol. The van der Waals surface area contributed by atoms with Crippen LogP contribution in [0.25, 0.3) is 4.98 Å². The summed E-state index contributed by atoms with van der Waals surface area (Å²) in [7, 11) is 0. The van der Waals surface area contributed by atoms with E-state index in [4.69, 9.17) is 10.1 Å². The Morgan fingerprint density at radius 3 is 2.70 bits per heavy atom. The number of ether oxygens (including phenoxy) is 1. The lowest BCUT2D eigenvalue weighted by Crippen LogP contribution is -2.31. The van der Waals surface area contributed by atoms with Crippen molar-refractivity contribution < 1.29 is 19.7 Å². The van der Waals surface area contributed by atoms with Crippen molar-refractivity contribution >= 4 is 11.7 Å². The summed E-state index contributed by atoms with van der Waals surface area (Å²) in [6.45, 7) is 6.42. The Balaban J connectivity index is 2.05. The topological polar surface area (TPSA) is 94.9 Å². The number of rotatable bonds is 3. The Hall–Kier alpha value is -2.29. The highest BCUT2D eigenvalue weighted by Crippen LogP contribution is 2.71. The number of carboxylic acids is 1. The van der Waals surface area contributed by atoms with Crippen molar-refractivity contribution in [2.45, 2.75) is 45.6 Å². The zero-order valence-corrected chi connectivity index (χ0v) is 13.5. The van der Waals surface area contributed by atoms with Crippen molar-refractivity contribution in [2.24, 2.45) is 17.3 Å². The molecular formula is C17H21N2O4+. The standard InChI is InChI=1S/C17H20N2O4/c1-9-4-7-12-16(2,3)17(12,8-9)23-14-11(19-18)6-5-10(13(14)20)15(21)22/h5-6,9,12H,4,7-8H2,1-3H3,(H-,20,21,22)/p+1. The van der Waals surface area contributed by atoms with Gasteiger partial charge >= 0.3 is 11.7 Å². The summed E-state index contributed by atoms with van der Waals surface area (Å²) in [5, 5.41) is 28.6. The number of hydrogen-bond acceptors (Lipinski definition) is 4. The van der Waals surface area contributed by atoms with Crippen LogP contribution in [0.2, 0.25) is 0 Å². The van der Waals surface area contributed by atoms with E-state index in [-0.39, 0.29) is 22.4 Å². The van der Waals surface area contributed by atoms with E-state index < -0.39 is 17.3 Å². The molecule has 2 N–H and O–H groups in total. The zero-order valence-electron chi connectivity index (χ0n) is 13.5. The summed E-state index contributed by atoms with van der Waals surface area (Å²) in [6, 6.07) is 2.54. The van der Waals surface area contributed by atoms with Crippen molar-refractivity contribution in [1.82, 2.24) is 0 Å². The molecule has 2 fully saturated rings. The fourth-order valence-corrected chi connectivity index (χ4v) is 4.33. The summed E-state index contributed by atoms with van der Waals surface area (Å²) in [6.07, 6.45) is 3.02.